The Labute approximate surface area is 174 Å². The van der Waals surface area contributed by atoms with Gasteiger partial charge in [-0.15, -0.1) is 0 Å². The van der Waals surface area contributed by atoms with Crippen LogP contribution in [0.15, 0.2) is 29.2 Å². The van der Waals surface area contributed by atoms with Crippen LogP contribution in [-0.2, 0) is 10.1 Å². The molecule has 4 nitrogen and oxygen atoms in total. The first kappa shape index (κ1) is 27.4. The molecule has 0 saturated carbocycles. The third-order valence-corrected chi connectivity index (χ3v) is 11.9. The monoisotopic (exact) mass is 433 g/mol. The maximum atomic E-state index is 10.5. The molecule has 0 radical (unpaired) electrons. The summed E-state index contributed by atoms with van der Waals surface area (Å²) in [5, 5.41) is 0. The van der Waals surface area contributed by atoms with Gasteiger partial charge < -0.3 is 5.73 Å². The second-order valence-electron chi connectivity index (χ2n) is 7.96. The molecular formula is C22H44NO3PS. The molecule has 1 rings (SSSR count). The first-order valence-electron chi connectivity index (χ1n) is 11.1. The van der Waals surface area contributed by atoms with Crippen LogP contribution < -0.4 is 5.73 Å². The van der Waals surface area contributed by atoms with Crippen LogP contribution in [0.5, 0.6) is 0 Å². The first-order chi connectivity index (χ1) is 13.2. The Hall–Kier alpha value is -0.640. The fourth-order valence-electron chi connectivity index (χ4n) is 3.60. The van der Waals surface area contributed by atoms with Crippen molar-refractivity contribution in [2.24, 2.45) is 0 Å². The summed E-state index contributed by atoms with van der Waals surface area (Å²) in [6.07, 6.45) is 18.1. The van der Waals surface area contributed by atoms with Crippen molar-refractivity contribution in [1.82, 2.24) is 0 Å². The SMILES string of the molecule is CCCC[PH](CCCC)(CCCC)CCCC.Nc1ccc(S(=O)(=O)O)cc1. The van der Waals surface area contributed by atoms with Gasteiger partial charge in [0, 0.05) is 5.69 Å². The van der Waals surface area contributed by atoms with Gasteiger partial charge in [0.1, 0.15) is 0 Å². The van der Waals surface area contributed by atoms with Gasteiger partial charge in [0.15, 0.2) is 0 Å². The van der Waals surface area contributed by atoms with E-state index in [1.54, 1.807) is 24.6 Å². The number of benzene rings is 1. The van der Waals surface area contributed by atoms with Crippen LogP contribution in [0, 0.1) is 0 Å². The third-order valence-electron chi connectivity index (χ3n) is 5.42. The van der Waals surface area contributed by atoms with E-state index in [0.717, 1.165) is 0 Å². The van der Waals surface area contributed by atoms with Crippen molar-refractivity contribution in [3.05, 3.63) is 24.3 Å². The number of nitrogen functional groups attached to an aromatic ring is 1. The molecule has 0 amide bonds. The van der Waals surface area contributed by atoms with E-state index in [9.17, 15) is 8.42 Å². The van der Waals surface area contributed by atoms with Gasteiger partial charge in [0.05, 0.1) is 4.90 Å². The Morgan fingerprint density at radius 3 is 1.32 bits per heavy atom. The average Bonchev–Trinajstić information content (AvgIpc) is 2.67. The number of rotatable bonds is 13. The zero-order chi connectivity index (χ0) is 21.5. The molecule has 0 aliphatic heterocycles. The summed E-state index contributed by atoms with van der Waals surface area (Å²) in [7, 11) is -4.95. The maximum Gasteiger partial charge on any atom is 0.294 e. The number of hydrogen-bond acceptors (Lipinski definition) is 3. The van der Waals surface area contributed by atoms with Crippen LogP contribution in [0.4, 0.5) is 5.69 Å². The number of anilines is 1. The summed E-state index contributed by atoms with van der Waals surface area (Å²) in [6, 6.07) is 5.29. The Balaban J connectivity index is 0.000000567. The maximum absolute atomic E-state index is 10.5. The van der Waals surface area contributed by atoms with Gasteiger partial charge in [0.25, 0.3) is 10.1 Å². The Morgan fingerprint density at radius 2 is 1.07 bits per heavy atom. The van der Waals surface area contributed by atoms with Crippen LogP contribution >= 0.6 is 7.26 Å². The summed E-state index contributed by atoms with van der Waals surface area (Å²) in [5.74, 6) is 0. The molecule has 0 atom stereocenters. The van der Waals surface area contributed by atoms with Gasteiger partial charge >= 0.3 is 111 Å². The number of nitrogens with two attached hydrogens (primary N) is 1. The second-order valence-corrected chi connectivity index (χ2v) is 14.4. The molecule has 0 spiro atoms. The van der Waals surface area contributed by atoms with Crippen molar-refractivity contribution in [1.29, 1.82) is 0 Å². The predicted octanol–water partition coefficient (Wildman–Crippen LogP) is 6.45. The van der Waals surface area contributed by atoms with Crippen molar-refractivity contribution in [2.45, 2.75) is 84.0 Å². The summed E-state index contributed by atoms with van der Waals surface area (Å²) in [6.45, 7) is 9.44. The van der Waals surface area contributed by atoms with Gasteiger partial charge in [-0.2, -0.15) is 8.42 Å². The van der Waals surface area contributed by atoms with Crippen molar-refractivity contribution >= 4 is 23.1 Å². The van der Waals surface area contributed by atoms with E-state index in [0.29, 0.717) is 5.69 Å². The molecule has 0 bridgehead atoms. The van der Waals surface area contributed by atoms with Crippen molar-refractivity contribution < 1.29 is 13.0 Å². The average molecular weight is 434 g/mol. The quantitative estimate of drug-likeness (QED) is 0.213. The minimum atomic E-state index is -4.08. The van der Waals surface area contributed by atoms with E-state index in [4.69, 9.17) is 10.3 Å². The van der Waals surface area contributed by atoms with E-state index < -0.39 is 17.4 Å². The number of unbranched alkanes of at least 4 members (excludes halogenated alkanes) is 4. The molecule has 0 aliphatic carbocycles. The molecule has 0 saturated heterocycles. The van der Waals surface area contributed by atoms with Gasteiger partial charge in [-0.3, -0.25) is 4.55 Å². The van der Waals surface area contributed by atoms with Gasteiger partial charge in [-0.1, -0.05) is 0 Å². The van der Waals surface area contributed by atoms with Gasteiger partial charge in [-0.25, -0.2) is 0 Å². The fraction of sp³-hybridized carbons (Fsp3) is 0.727. The van der Waals surface area contributed by atoms with E-state index in [1.165, 1.54) is 75.6 Å². The molecule has 0 unspecified atom stereocenters. The van der Waals surface area contributed by atoms with Crippen molar-refractivity contribution in [2.75, 3.05) is 30.4 Å². The largest absolute Gasteiger partial charge is 0.399 e. The first-order valence-corrected chi connectivity index (χ1v) is 15.3. The van der Waals surface area contributed by atoms with Gasteiger partial charge in [-0.05, 0) is 24.3 Å². The molecule has 0 aliphatic rings. The molecule has 28 heavy (non-hydrogen) atoms. The molecule has 6 heteroatoms. The summed E-state index contributed by atoms with van der Waals surface area (Å²) in [5.41, 5.74) is 5.75. The molecule has 0 fully saturated rings. The van der Waals surface area contributed by atoms with Gasteiger partial charge in [0.2, 0.25) is 0 Å². The summed E-state index contributed by atoms with van der Waals surface area (Å²) in [4.78, 5) is -0.147. The molecule has 1 aromatic rings. The topological polar surface area (TPSA) is 80.4 Å². The smallest absolute Gasteiger partial charge is 0.294 e. The zero-order valence-electron chi connectivity index (χ0n) is 18.5. The zero-order valence-corrected chi connectivity index (χ0v) is 20.4. The molecule has 166 valence electrons. The standard InChI is InChI=1S/C16H37P.C6H7NO3S/c1-5-9-13-17(14-10-6-2,15-11-7-3)16-12-8-4;7-5-1-3-6(4-2-5)11(8,9)10/h17H,5-16H2,1-4H3;1-4H,7H2,(H,8,9,10). The molecule has 1 aromatic carbocycles. The predicted molar refractivity (Wildman–Crippen MR) is 128 cm³/mol. The Bertz CT molecular complexity index is 565. The van der Waals surface area contributed by atoms with Crippen LogP contribution in [0.2, 0.25) is 0 Å². The summed E-state index contributed by atoms with van der Waals surface area (Å²) < 4.78 is 29.4. The minimum absolute atomic E-state index is 0.147. The van der Waals surface area contributed by atoms with E-state index in [2.05, 4.69) is 27.7 Å². The third kappa shape index (κ3) is 12.0. The molecule has 0 heterocycles. The van der Waals surface area contributed by atoms with E-state index in [1.807, 2.05) is 0 Å². The molecular weight excluding hydrogens is 389 g/mol. The van der Waals surface area contributed by atoms with Crippen molar-refractivity contribution in [3.8, 4) is 0 Å². The Morgan fingerprint density at radius 1 is 0.750 bits per heavy atom. The van der Waals surface area contributed by atoms with Crippen LogP contribution in [0.25, 0.3) is 0 Å². The minimum Gasteiger partial charge on any atom is -0.399 e. The summed E-state index contributed by atoms with van der Waals surface area (Å²) >= 11 is 0. The fourth-order valence-corrected chi connectivity index (χ4v) is 9.99. The van der Waals surface area contributed by atoms with E-state index >= 15 is 0 Å². The number of hydrogen-bond donors (Lipinski definition) is 2. The van der Waals surface area contributed by atoms with Crippen LogP contribution in [0.1, 0.15) is 79.1 Å². The van der Waals surface area contributed by atoms with E-state index in [-0.39, 0.29) is 4.90 Å². The van der Waals surface area contributed by atoms with Crippen LogP contribution in [-0.4, -0.2) is 37.6 Å². The normalized spacial score (nSPS) is 12.3. The second kappa shape index (κ2) is 15.2. The van der Waals surface area contributed by atoms with Crippen LogP contribution in [0.3, 0.4) is 0 Å². The molecule has 3 N–H and O–H groups in total. The Kier molecular flexibility index (Phi) is 14.9. The van der Waals surface area contributed by atoms with Crippen molar-refractivity contribution in [3.63, 3.8) is 0 Å². The molecule has 0 aromatic heterocycles.